The lowest BCUT2D eigenvalue weighted by Gasteiger charge is -2.08. The Morgan fingerprint density at radius 3 is 2.27 bits per heavy atom. The van der Waals surface area contributed by atoms with Crippen molar-refractivity contribution in [1.82, 2.24) is 4.98 Å². The highest BCUT2D eigenvalue weighted by Crippen LogP contribution is 2.31. The van der Waals surface area contributed by atoms with Crippen molar-refractivity contribution in [3.8, 4) is 5.75 Å². The highest BCUT2D eigenvalue weighted by molar-refractivity contribution is 6.41. The van der Waals surface area contributed by atoms with Gasteiger partial charge in [0.05, 0.1) is 17.9 Å². The van der Waals surface area contributed by atoms with E-state index in [-0.39, 0.29) is 35.1 Å². The van der Waals surface area contributed by atoms with E-state index >= 15 is 0 Å². The second kappa shape index (κ2) is 5.20. The molecule has 0 radical (unpaired) electrons. The molecule has 0 saturated heterocycles. The average molecular weight is 295 g/mol. The molecule has 0 amide bonds. The van der Waals surface area contributed by atoms with Crippen LogP contribution < -0.4 is 0 Å². The summed E-state index contributed by atoms with van der Waals surface area (Å²) < 4.78 is 0. The van der Waals surface area contributed by atoms with Crippen LogP contribution in [0, 0.1) is 6.92 Å². The molecule has 0 atom stereocenters. The molecule has 0 saturated carbocycles. The van der Waals surface area contributed by atoms with Crippen LogP contribution in [0.15, 0.2) is 36.0 Å². The van der Waals surface area contributed by atoms with Gasteiger partial charge in [0.2, 0.25) is 0 Å². The predicted octanol–water partition coefficient (Wildman–Crippen LogP) is 2.05. The molecule has 1 aliphatic rings. The number of nitrogens with zero attached hydrogens (tertiary/aromatic N) is 1. The van der Waals surface area contributed by atoms with Crippen LogP contribution in [0.1, 0.15) is 37.5 Å². The number of aromatic nitrogens is 1. The topological polar surface area (TPSA) is 87.5 Å². The van der Waals surface area contributed by atoms with Crippen molar-refractivity contribution >= 4 is 17.6 Å². The molecule has 1 aromatic carbocycles. The summed E-state index contributed by atoms with van der Waals surface area (Å²) in [5, 5.41) is 19.5. The fraction of sp³-hybridized carbons (Fsp3) is 0.118. The average Bonchev–Trinajstić information content (AvgIpc) is 2.77. The highest BCUT2D eigenvalue weighted by Gasteiger charge is 2.33. The minimum absolute atomic E-state index is 0.0169. The van der Waals surface area contributed by atoms with Gasteiger partial charge in [-0.2, -0.15) is 0 Å². The number of aliphatic hydroxyl groups is 1. The molecule has 1 aromatic heterocycles. The van der Waals surface area contributed by atoms with Crippen molar-refractivity contribution < 1.29 is 19.8 Å². The molecule has 1 heterocycles. The van der Waals surface area contributed by atoms with Crippen molar-refractivity contribution in [1.29, 1.82) is 0 Å². The fourth-order valence-corrected chi connectivity index (χ4v) is 2.49. The first-order valence-corrected chi connectivity index (χ1v) is 6.73. The summed E-state index contributed by atoms with van der Waals surface area (Å²) in [7, 11) is 0. The summed E-state index contributed by atoms with van der Waals surface area (Å²) in [6.07, 6.45) is 2.75. The van der Waals surface area contributed by atoms with Crippen LogP contribution in [0.4, 0.5) is 0 Å². The second-order valence-corrected chi connectivity index (χ2v) is 5.05. The fourth-order valence-electron chi connectivity index (χ4n) is 2.49. The summed E-state index contributed by atoms with van der Waals surface area (Å²) in [5.41, 5.74) is 1.66. The minimum Gasteiger partial charge on any atom is -0.505 e. The van der Waals surface area contributed by atoms with Gasteiger partial charge in [-0.1, -0.05) is 24.3 Å². The number of ketones is 2. The Morgan fingerprint density at radius 2 is 1.73 bits per heavy atom. The highest BCUT2D eigenvalue weighted by atomic mass is 16.3. The number of hydrogen-bond acceptors (Lipinski definition) is 5. The van der Waals surface area contributed by atoms with E-state index in [4.69, 9.17) is 0 Å². The summed E-state index contributed by atoms with van der Waals surface area (Å²) in [6, 6.07) is 6.59. The van der Waals surface area contributed by atoms with Crippen LogP contribution in [-0.4, -0.2) is 26.8 Å². The van der Waals surface area contributed by atoms with Gasteiger partial charge in [0.1, 0.15) is 5.75 Å². The zero-order chi connectivity index (χ0) is 15.9. The summed E-state index contributed by atoms with van der Waals surface area (Å²) in [5.74, 6) is -0.896. The lowest BCUT2D eigenvalue weighted by Crippen LogP contribution is -2.02. The van der Waals surface area contributed by atoms with E-state index in [9.17, 15) is 19.8 Å². The van der Waals surface area contributed by atoms with E-state index in [2.05, 4.69) is 4.98 Å². The maximum absolute atomic E-state index is 12.4. The molecule has 3 rings (SSSR count). The van der Waals surface area contributed by atoms with Gasteiger partial charge in [0.25, 0.3) is 0 Å². The van der Waals surface area contributed by atoms with Crippen LogP contribution in [0.2, 0.25) is 0 Å². The SMILES string of the molecule is Cc1ncc(CO)c(C=C2C(=O)c3ccccc3C2=O)c1O. The van der Waals surface area contributed by atoms with Gasteiger partial charge in [0, 0.05) is 28.5 Å². The van der Waals surface area contributed by atoms with Crippen molar-refractivity contribution in [3.63, 3.8) is 0 Å². The number of aliphatic hydroxyl groups excluding tert-OH is 1. The summed E-state index contributed by atoms with van der Waals surface area (Å²) in [4.78, 5) is 28.7. The van der Waals surface area contributed by atoms with Gasteiger partial charge in [-0.15, -0.1) is 0 Å². The molecule has 0 spiro atoms. The number of fused-ring (bicyclic) bond motifs is 1. The molecule has 2 aromatic rings. The Labute approximate surface area is 126 Å². The lowest BCUT2D eigenvalue weighted by atomic mass is 10.0. The van der Waals surface area contributed by atoms with Crippen molar-refractivity contribution in [2.24, 2.45) is 0 Å². The van der Waals surface area contributed by atoms with Gasteiger partial charge < -0.3 is 10.2 Å². The number of aryl methyl sites for hydroxylation is 1. The molecule has 2 N–H and O–H groups in total. The summed E-state index contributed by atoms with van der Waals surface area (Å²) >= 11 is 0. The first-order chi connectivity index (χ1) is 10.5. The summed E-state index contributed by atoms with van der Waals surface area (Å²) in [6.45, 7) is 1.25. The first-order valence-electron chi connectivity index (χ1n) is 6.73. The standard InChI is InChI=1S/C17H13NO4/c1-9-15(20)13(10(8-19)7-18-9)6-14-16(21)11-4-2-3-5-12(11)17(14)22/h2-7,19-20H,8H2,1H3. The maximum Gasteiger partial charge on any atom is 0.197 e. The largest absolute Gasteiger partial charge is 0.505 e. The molecule has 1 aliphatic carbocycles. The van der Waals surface area contributed by atoms with Crippen LogP contribution in [0.25, 0.3) is 6.08 Å². The lowest BCUT2D eigenvalue weighted by molar-refractivity contribution is 0.0990. The number of hydrogen-bond donors (Lipinski definition) is 2. The monoisotopic (exact) mass is 295 g/mol. The molecule has 0 unspecified atom stereocenters. The zero-order valence-electron chi connectivity index (χ0n) is 11.8. The first kappa shape index (κ1) is 14.2. The number of pyridine rings is 1. The van der Waals surface area contributed by atoms with Gasteiger partial charge in [-0.3, -0.25) is 14.6 Å². The van der Waals surface area contributed by atoms with Crippen LogP contribution in [0.3, 0.4) is 0 Å². The maximum atomic E-state index is 12.4. The Bertz CT molecular complexity index is 800. The van der Waals surface area contributed by atoms with Crippen molar-refractivity contribution in [2.75, 3.05) is 0 Å². The number of benzene rings is 1. The van der Waals surface area contributed by atoms with Crippen LogP contribution >= 0.6 is 0 Å². The van der Waals surface area contributed by atoms with E-state index in [1.165, 1.54) is 12.3 Å². The van der Waals surface area contributed by atoms with Crippen molar-refractivity contribution in [3.05, 3.63) is 64.0 Å². The van der Waals surface area contributed by atoms with Gasteiger partial charge in [0.15, 0.2) is 11.6 Å². The van der Waals surface area contributed by atoms with E-state index < -0.39 is 0 Å². The quantitative estimate of drug-likeness (QED) is 0.654. The molecule has 0 fully saturated rings. The minimum atomic E-state index is -0.377. The molecule has 5 heteroatoms. The molecule has 110 valence electrons. The number of rotatable bonds is 2. The predicted molar refractivity (Wildman–Crippen MR) is 79.6 cm³/mol. The molecular weight excluding hydrogens is 282 g/mol. The Morgan fingerprint density at radius 1 is 1.14 bits per heavy atom. The third kappa shape index (κ3) is 2.03. The number of allylic oxidation sites excluding steroid dienone is 1. The molecule has 0 bridgehead atoms. The number of carbonyl (C=O) groups excluding carboxylic acids is 2. The van der Waals surface area contributed by atoms with Gasteiger partial charge >= 0.3 is 0 Å². The molecular formula is C17H13NO4. The molecule has 5 nitrogen and oxygen atoms in total. The van der Waals surface area contributed by atoms with E-state index in [1.54, 1.807) is 31.2 Å². The molecule has 0 aliphatic heterocycles. The third-order valence-electron chi connectivity index (χ3n) is 3.72. The van der Waals surface area contributed by atoms with E-state index in [0.717, 1.165) is 0 Å². The Kier molecular flexibility index (Phi) is 3.35. The van der Waals surface area contributed by atoms with Crippen LogP contribution in [-0.2, 0) is 6.61 Å². The zero-order valence-corrected chi connectivity index (χ0v) is 11.8. The smallest absolute Gasteiger partial charge is 0.197 e. The Hall–Kier alpha value is -2.79. The number of carbonyl (C=O) groups is 2. The van der Waals surface area contributed by atoms with E-state index in [0.29, 0.717) is 22.4 Å². The van der Waals surface area contributed by atoms with Crippen LogP contribution in [0.5, 0.6) is 5.75 Å². The third-order valence-corrected chi connectivity index (χ3v) is 3.72. The Balaban J connectivity index is 2.18. The number of Topliss-reactive ketones (excluding diaryl/α,β-unsaturated/α-hetero) is 2. The molecule has 22 heavy (non-hydrogen) atoms. The second-order valence-electron chi connectivity index (χ2n) is 5.05. The van der Waals surface area contributed by atoms with E-state index in [1.807, 2.05) is 0 Å². The van der Waals surface area contributed by atoms with Gasteiger partial charge in [-0.25, -0.2) is 0 Å². The number of aromatic hydroxyl groups is 1. The van der Waals surface area contributed by atoms with Crippen molar-refractivity contribution in [2.45, 2.75) is 13.5 Å². The normalized spacial score (nSPS) is 13.5. The van der Waals surface area contributed by atoms with Gasteiger partial charge in [-0.05, 0) is 13.0 Å².